The van der Waals surface area contributed by atoms with Crippen molar-refractivity contribution in [1.29, 1.82) is 0 Å². The van der Waals surface area contributed by atoms with Gasteiger partial charge in [-0.15, -0.1) is 0 Å². The zero-order valence-corrected chi connectivity index (χ0v) is 10.8. The largest absolute Gasteiger partial charge is 0.454 e. The number of nitrogen functional groups attached to an aromatic ring is 4. The van der Waals surface area contributed by atoms with Crippen LogP contribution in [0.4, 0.5) is 22.7 Å². The van der Waals surface area contributed by atoms with E-state index in [1.807, 2.05) is 0 Å². The van der Waals surface area contributed by atoms with E-state index < -0.39 is 0 Å². The molecule has 1 heterocycles. The molecule has 1 aliphatic heterocycles. The van der Waals surface area contributed by atoms with Crippen LogP contribution in [-0.2, 0) is 6.42 Å². The summed E-state index contributed by atoms with van der Waals surface area (Å²) in [5.74, 6) is 1.51. The number of rotatable bonds is 0. The van der Waals surface area contributed by atoms with Gasteiger partial charge in [0.15, 0.2) is 11.5 Å². The molecule has 1 aliphatic carbocycles. The van der Waals surface area contributed by atoms with Crippen molar-refractivity contribution in [2.45, 2.75) is 6.42 Å². The van der Waals surface area contributed by atoms with E-state index >= 15 is 0 Å². The molecule has 8 N–H and O–H groups in total. The second kappa shape index (κ2) is 4.41. The van der Waals surface area contributed by atoms with Crippen LogP contribution in [0, 0.1) is 0 Å². The standard InChI is InChI=1S/C7H9N3.C7H7NO2/c8-5-2-6(9)7(10)4-1-3(4)5;8-5-1-2-6-7(3-5)10-4-9-6/h2H,1,8-10H2;1-3H,4,8H2. The van der Waals surface area contributed by atoms with Crippen molar-refractivity contribution < 1.29 is 9.47 Å². The molecule has 0 spiro atoms. The van der Waals surface area contributed by atoms with E-state index in [0.717, 1.165) is 29.2 Å². The van der Waals surface area contributed by atoms with Gasteiger partial charge in [-0.2, -0.15) is 0 Å². The van der Waals surface area contributed by atoms with E-state index in [9.17, 15) is 0 Å². The first-order valence-electron chi connectivity index (χ1n) is 6.16. The summed E-state index contributed by atoms with van der Waals surface area (Å²) in [5, 5.41) is 0. The highest BCUT2D eigenvalue weighted by atomic mass is 16.7. The number of ether oxygens (including phenoxy) is 2. The molecule has 0 saturated heterocycles. The van der Waals surface area contributed by atoms with Gasteiger partial charge in [0.1, 0.15) is 0 Å². The Hall–Kier alpha value is -2.76. The van der Waals surface area contributed by atoms with E-state index in [-0.39, 0.29) is 0 Å². The fourth-order valence-corrected chi connectivity index (χ4v) is 2.09. The molecule has 6 heteroatoms. The maximum Gasteiger partial charge on any atom is 0.231 e. The molecule has 20 heavy (non-hydrogen) atoms. The van der Waals surface area contributed by atoms with Crippen molar-refractivity contribution in [1.82, 2.24) is 0 Å². The Bertz CT molecular complexity index is 682. The molecule has 0 aromatic heterocycles. The lowest BCUT2D eigenvalue weighted by Gasteiger charge is -1.97. The molecular formula is C14H16N4O2. The maximum atomic E-state index is 5.62. The Kier molecular flexibility index (Phi) is 2.71. The molecule has 0 radical (unpaired) electrons. The Balaban J connectivity index is 0.000000121. The topological polar surface area (TPSA) is 123 Å². The third kappa shape index (κ3) is 2.11. The fourth-order valence-electron chi connectivity index (χ4n) is 2.09. The summed E-state index contributed by atoms with van der Waals surface area (Å²) in [6, 6.07) is 7.06. The molecule has 0 atom stereocenters. The van der Waals surface area contributed by atoms with Crippen LogP contribution in [-0.4, -0.2) is 6.79 Å². The Labute approximate surface area is 116 Å². The second-order valence-electron chi connectivity index (χ2n) is 4.72. The van der Waals surface area contributed by atoms with Crippen molar-refractivity contribution in [2.75, 3.05) is 29.7 Å². The van der Waals surface area contributed by atoms with Gasteiger partial charge in [-0.25, -0.2) is 0 Å². The Morgan fingerprint density at radius 3 is 2.35 bits per heavy atom. The lowest BCUT2D eigenvalue weighted by Crippen LogP contribution is -1.95. The summed E-state index contributed by atoms with van der Waals surface area (Å²) >= 11 is 0. The predicted octanol–water partition coefficient (Wildman–Crippen LogP) is 1.33. The summed E-state index contributed by atoms with van der Waals surface area (Å²) in [4.78, 5) is 0. The van der Waals surface area contributed by atoms with Gasteiger partial charge in [0.2, 0.25) is 6.79 Å². The Morgan fingerprint density at radius 2 is 1.55 bits per heavy atom. The molecule has 0 unspecified atom stereocenters. The molecule has 4 rings (SSSR count). The zero-order chi connectivity index (χ0) is 14.3. The van der Waals surface area contributed by atoms with Crippen LogP contribution < -0.4 is 32.4 Å². The molecule has 6 nitrogen and oxygen atoms in total. The van der Waals surface area contributed by atoms with Gasteiger partial charge in [-0.1, -0.05) is 0 Å². The van der Waals surface area contributed by atoms with Crippen molar-refractivity contribution in [3.63, 3.8) is 0 Å². The highest BCUT2D eigenvalue weighted by Crippen LogP contribution is 2.41. The maximum absolute atomic E-state index is 5.62. The van der Waals surface area contributed by atoms with E-state index in [2.05, 4.69) is 0 Å². The average molecular weight is 272 g/mol. The number of benzene rings is 2. The van der Waals surface area contributed by atoms with Crippen molar-refractivity contribution in [3.05, 3.63) is 35.4 Å². The molecule has 0 amide bonds. The molecule has 2 aromatic rings. The van der Waals surface area contributed by atoms with Gasteiger partial charge < -0.3 is 32.4 Å². The van der Waals surface area contributed by atoms with Crippen molar-refractivity contribution in [3.8, 4) is 11.5 Å². The lowest BCUT2D eigenvalue weighted by molar-refractivity contribution is 0.174. The predicted molar refractivity (Wildman–Crippen MR) is 79.5 cm³/mol. The minimum absolute atomic E-state index is 0.304. The molecule has 104 valence electrons. The summed E-state index contributed by atoms with van der Waals surface area (Å²) < 4.78 is 10.2. The first-order chi connectivity index (χ1) is 9.56. The van der Waals surface area contributed by atoms with Crippen molar-refractivity contribution >= 4 is 22.7 Å². The molecule has 2 aliphatic rings. The summed E-state index contributed by atoms with van der Waals surface area (Å²) in [5.41, 5.74) is 27.4. The average Bonchev–Trinajstić information content (AvgIpc) is 3.10. The highest BCUT2D eigenvalue weighted by Gasteiger charge is 2.24. The highest BCUT2D eigenvalue weighted by molar-refractivity contribution is 5.82. The van der Waals surface area contributed by atoms with Gasteiger partial charge in [0, 0.05) is 23.9 Å². The SMILES string of the molecule is Nc1cc(N)c2c(c1N)C2.Nc1ccc2c(c1)OCO2. The van der Waals surface area contributed by atoms with Crippen LogP contribution in [0.25, 0.3) is 0 Å². The van der Waals surface area contributed by atoms with Crippen LogP contribution in [0.15, 0.2) is 24.3 Å². The number of hydrogen-bond donors (Lipinski definition) is 4. The van der Waals surface area contributed by atoms with Crippen LogP contribution in [0.2, 0.25) is 0 Å². The van der Waals surface area contributed by atoms with Crippen LogP contribution in [0.5, 0.6) is 11.5 Å². The van der Waals surface area contributed by atoms with Crippen molar-refractivity contribution in [2.24, 2.45) is 0 Å². The molecule has 0 saturated carbocycles. The second-order valence-corrected chi connectivity index (χ2v) is 4.72. The molecule has 2 aromatic carbocycles. The van der Waals surface area contributed by atoms with E-state index in [4.69, 9.17) is 32.4 Å². The number of anilines is 4. The number of nitrogens with two attached hydrogens (primary N) is 4. The smallest absolute Gasteiger partial charge is 0.231 e. The van der Waals surface area contributed by atoms with Gasteiger partial charge in [0.25, 0.3) is 0 Å². The lowest BCUT2D eigenvalue weighted by atomic mass is 10.2. The summed E-state index contributed by atoms with van der Waals surface area (Å²) in [6.07, 6.45) is 0.925. The van der Waals surface area contributed by atoms with Gasteiger partial charge >= 0.3 is 0 Å². The third-order valence-electron chi connectivity index (χ3n) is 3.29. The van der Waals surface area contributed by atoms with Gasteiger partial charge in [-0.3, -0.25) is 0 Å². The molecular weight excluding hydrogens is 256 g/mol. The van der Waals surface area contributed by atoms with E-state index in [1.54, 1.807) is 24.3 Å². The normalized spacial score (nSPS) is 13.2. The first kappa shape index (κ1) is 12.3. The van der Waals surface area contributed by atoms with Gasteiger partial charge in [0.05, 0.1) is 11.4 Å². The monoisotopic (exact) mass is 272 g/mol. The minimum atomic E-state index is 0.304. The Morgan fingerprint density at radius 1 is 0.800 bits per heavy atom. The third-order valence-corrected chi connectivity index (χ3v) is 3.29. The quantitative estimate of drug-likeness (QED) is 0.458. The van der Waals surface area contributed by atoms with Crippen LogP contribution >= 0.6 is 0 Å². The van der Waals surface area contributed by atoms with Crippen LogP contribution in [0.1, 0.15) is 11.1 Å². The minimum Gasteiger partial charge on any atom is -0.454 e. The van der Waals surface area contributed by atoms with E-state index in [1.165, 1.54) is 5.56 Å². The zero-order valence-electron chi connectivity index (χ0n) is 10.8. The van der Waals surface area contributed by atoms with E-state index in [0.29, 0.717) is 23.9 Å². The van der Waals surface area contributed by atoms with Gasteiger partial charge in [-0.05, 0) is 29.3 Å². The number of hydrogen-bond acceptors (Lipinski definition) is 6. The first-order valence-corrected chi connectivity index (χ1v) is 6.16. The fraction of sp³-hybridized carbons (Fsp3) is 0.143. The summed E-state index contributed by atoms with van der Waals surface area (Å²) in [7, 11) is 0. The summed E-state index contributed by atoms with van der Waals surface area (Å²) in [6.45, 7) is 0.304. The molecule has 0 fully saturated rings. The number of fused-ring (bicyclic) bond motifs is 2. The van der Waals surface area contributed by atoms with Crippen LogP contribution in [0.3, 0.4) is 0 Å². The molecule has 0 bridgehead atoms.